The van der Waals surface area contributed by atoms with Crippen molar-refractivity contribution in [2.45, 2.75) is 39.4 Å². The summed E-state index contributed by atoms with van der Waals surface area (Å²) in [6, 6.07) is 14.5. The maximum Gasteiger partial charge on any atom is 0.265 e. The number of hydrogen-bond donors (Lipinski definition) is 1. The van der Waals surface area contributed by atoms with Crippen LogP contribution in [0.25, 0.3) is 0 Å². The van der Waals surface area contributed by atoms with Gasteiger partial charge in [-0.1, -0.05) is 6.92 Å². The molecule has 0 fully saturated rings. The predicted molar refractivity (Wildman–Crippen MR) is 98.5 cm³/mol. The standard InChI is InChI=1S/C20H25NO4/c1-5-19(25-18-12-10-16(23-4)11-13-18)20(22)21-15-6-8-17(9-7-15)24-14(2)3/h6-14,19H,5H2,1-4H3,(H,21,22)/t19-/m0/s1. The number of anilines is 1. The van der Waals surface area contributed by atoms with Crippen molar-refractivity contribution in [2.24, 2.45) is 0 Å². The molecule has 134 valence electrons. The van der Waals surface area contributed by atoms with E-state index in [0.717, 1.165) is 11.5 Å². The lowest BCUT2D eigenvalue weighted by Gasteiger charge is -2.18. The quantitative estimate of drug-likeness (QED) is 0.777. The van der Waals surface area contributed by atoms with Gasteiger partial charge >= 0.3 is 0 Å². The van der Waals surface area contributed by atoms with Gasteiger partial charge in [-0.2, -0.15) is 0 Å². The molecule has 1 N–H and O–H groups in total. The molecule has 0 bridgehead atoms. The lowest BCUT2D eigenvalue weighted by atomic mass is 10.2. The Hall–Kier alpha value is -2.69. The van der Waals surface area contributed by atoms with E-state index < -0.39 is 6.10 Å². The minimum absolute atomic E-state index is 0.114. The third kappa shape index (κ3) is 5.71. The second-order valence-electron chi connectivity index (χ2n) is 5.87. The molecule has 0 radical (unpaired) electrons. The van der Waals surface area contributed by atoms with Crippen LogP contribution in [0.2, 0.25) is 0 Å². The Labute approximate surface area is 148 Å². The smallest absolute Gasteiger partial charge is 0.265 e. The SMILES string of the molecule is CC[C@H](Oc1ccc(OC)cc1)C(=O)Nc1ccc(OC(C)C)cc1. The van der Waals surface area contributed by atoms with Crippen LogP contribution in [0.3, 0.4) is 0 Å². The number of benzene rings is 2. The zero-order valence-electron chi connectivity index (χ0n) is 15.1. The van der Waals surface area contributed by atoms with E-state index in [0.29, 0.717) is 17.9 Å². The van der Waals surface area contributed by atoms with E-state index in [9.17, 15) is 4.79 Å². The zero-order chi connectivity index (χ0) is 18.2. The molecule has 2 aromatic carbocycles. The highest BCUT2D eigenvalue weighted by molar-refractivity contribution is 5.94. The summed E-state index contributed by atoms with van der Waals surface area (Å²) in [5.41, 5.74) is 0.706. The van der Waals surface area contributed by atoms with Crippen molar-refractivity contribution in [3.05, 3.63) is 48.5 Å². The van der Waals surface area contributed by atoms with E-state index in [2.05, 4.69) is 5.32 Å². The molecule has 1 atom stereocenters. The lowest BCUT2D eigenvalue weighted by Crippen LogP contribution is -2.32. The van der Waals surface area contributed by atoms with Gasteiger partial charge in [-0.05, 0) is 68.8 Å². The largest absolute Gasteiger partial charge is 0.497 e. The van der Waals surface area contributed by atoms with Gasteiger partial charge in [0.25, 0.3) is 5.91 Å². The molecule has 25 heavy (non-hydrogen) atoms. The van der Waals surface area contributed by atoms with Crippen molar-refractivity contribution >= 4 is 11.6 Å². The van der Waals surface area contributed by atoms with Crippen molar-refractivity contribution in [3.8, 4) is 17.2 Å². The molecule has 0 aliphatic heterocycles. The van der Waals surface area contributed by atoms with E-state index in [1.807, 2.05) is 45.0 Å². The number of nitrogens with one attached hydrogen (secondary N) is 1. The van der Waals surface area contributed by atoms with Crippen molar-refractivity contribution in [3.63, 3.8) is 0 Å². The molecule has 2 rings (SSSR count). The molecule has 5 heteroatoms. The van der Waals surface area contributed by atoms with E-state index in [4.69, 9.17) is 14.2 Å². The van der Waals surface area contributed by atoms with Gasteiger partial charge in [0.1, 0.15) is 17.2 Å². The highest BCUT2D eigenvalue weighted by Crippen LogP contribution is 2.20. The van der Waals surface area contributed by atoms with Gasteiger partial charge in [-0.15, -0.1) is 0 Å². The maximum absolute atomic E-state index is 12.4. The monoisotopic (exact) mass is 343 g/mol. The number of carbonyl (C=O) groups excluding carboxylic acids is 1. The normalized spacial score (nSPS) is 11.7. The Kier molecular flexibility index (Phi) is 6.69. The molecule has 0 saturated carbocycles. The first kappa shape index (κ1) is 18.6. The molecule has 0 spiro atoms. The predicted octanol–water partition coefficient (Wildman–Crippen LogP) is 4.28. The van der Waals surface area contributed by atoms with Crippen molar-refractivity contribution in [1.29, 1.82) is 0 Å². The molecular formula is C20H25NO4. The average Bonchev–Trinajstić information content (AvgIpc) is 2.61. The molecule has 5 nitrogen and oxygen atoms in total. The Balaban J connectivity index is 1.96. The summed E-state index contributed by atoms with van der Waals surface area (Å²) in [6.45, 7) is 5.85. The molecule has 0 heterocycles. The van der Waals surface area contributed by atoms with Crippen LogP contribution in [0.15, 0.2) is 48.5 Å². The number of rotatable bonds is 8. The van der Waals surface area contributed by atoms with Crippen LogP contribution in [0, 0.1) is 0 Å². The summed E-state index contributed by atoms with van der Waals surface area (Å²) in [4.78, 5) is 12.4. The molecule has 0 aromatic heterocycles. The van der Waals surface area contributed by atoms with Crippen molar-refractivity contribution < 1.29 is 19.0 Å². The van der Waals surface area contributed by atoms with Gasteiger partial charge in [0.15, 0.2) is 6.10 Å². The Bertz CT molecular complexity index is 665. The summed E-state index contributed by atoms with van der Waals surface area (Å²) in [5, 5.41) is 2.87. The minimum atomic E-state index is -0.569. The van der Waals surface area contributed by atoms with Gasteiger partial charge in [0, 0.05) is 5.69 Å². The summed E-state index contributed by atoms with van der Waals surface area (Å²) in [7, 11) is 1.61. The first-order chi connectivity index (χ1) is 12.0. The van der Waals surface area contributed by atoms with Crippen LogP contribution in [-0.2, 0) is 4.79 Å². The van der Waals surface area contributed by atoms with E-state index in [1.165, 1.54) is 0 Å². The van der Waals surface area contributed by atoms with Crippen LogP contribution in [0.5, 0.6) is 17.2 Å². The maximum atomic E-state index is 12.4. The van der Waals surface area contributed by atoms with Gasteiger partial charge in [-0.3, -0.25) is 4.79 Å². The number of carbonyl (C=O) groups is 1. The van der Waals surface area contributed by atoms with Gasteiger partial charge in [0.2, 0.25) is 0 Å². The fourth-order valence-corrected chi connectivity index (χ4v) is 2.25. The number of hydrogen-bond acceptors (Lipinski definition) is 4. The highest BCUT2D eigenvalue weighted by atomic mass is 16.5. The summed E-state index contributed by atoms with van der Waals surface area (Å²) >= 11 is 0. The Morgan fingerprint density at radius 1 is 0.920 bits per heavy atom. The van der Waals surface area contributed by atoms with E-state index in [1.54, 1.807) is 31.4 Å². The van der Waals surface area contributed by atoms with Crippen LogP contribution in [0.1, 0.15) is 27.2 Å². The molecule has 1 amide bonds. The molecule has 0 aliphatic rings. The lowest BCUT2D eigenvalue weighted by molar-refractivity contribution is -0.122. The molecule has 0 unspecified atom stereocenters. The van der Waals surface area contributed by atoms with Crippen LogP contribution in [0.4, 0.5) is 5.69 Å². The molecule has 0 aliphatic carbocycles. The molecule has 0 saturated heterocycles. The third-order valence-corrected chi connectivity index (χ3v) is 3.49. The average molecular weight is 343 g/mol. The fraction of sp³-hybridized carbons (Fsp3) is 0.350. The summed E-state index contributed by atoms with van der Waals surface area (Å²) in [5.74, 6) is 1.96. The fourth-order valence-electron chi connectivity index (χ4n) is 2.25. The van der Waals surface area contributed by atoms with Crippen LogP contribution < -0.4 is 19.5 Å². The second kappa shape index (κ2) is 8.97. The summed E-state index contributed by atoms with van der Waals surface area (Å²) < 4.78 is 16.5. The first-order valence-electron chi connectivity index (χ1n) is 8.40. The first-order valence-corrected chi connectivity index (χ1v) is 8.40. The third-order valence-electron chi connectivity index (χ3n) is 3.49. The second-order valence-corrected chi connectivity index (χ2v) is 5.87. The Morgan fingerprint density at radius 3 is 1.96 bits per heavy atom. The zero-order valence-corrected chi connectivity index (χ0v) is 15.1. The van der Waals surface area contributed by atoms with E-state index in [-0.39, 0.29) is 12.0 Å². The van der Waals surface area contributed by atoms with Crippen molar-refractivity contribution in [1.82, 2.24) is 0 Å². The number of ether oxygens (including phenoxy) is 3. The number of methoxy groups -OCH3 is 1. The van der Waals surface area contributed by atoms with E-state index >= 15 is 0 Å². The topological polar surface area (TPSA) is 56.8 Å². The summed E-state index contributed by atoms with van der Waals surface area (Å²) in [6.07, 6.45) is 0.106. The molecular weight excluding hydrogens is 318 g/mol. The molecule has 2 aromatic rings. The van der Waals surface area contributed by atoms with Crippen LogP contribution >= 0.6 is 0 Å². The van der Waals surface area contributed by atoms with Gasteiger partial charge in [-0.25, -0.2) is 0 Å². The number of amides is 1. The van der Waals surface area contributed by atoms with Crippen molar-refractivity contribution in [2.75, 3.05) is 12.4 Å². The van der Waals surface area contributed by atoms with Gasteiger partial charge in [0.05, 0.1) is 13.2 Å². The Morgan fingerprint density at radius 2 is 1.44 bits per heavy atom. The minimum Gasteiger partial charge on any atom is -0.497 e. The van der Waals surface area contributed by atoms with Crippen LogP contribution in [-0.4, -0.2) is 25.2 Å². The highest BCUT2D eigenvalue weighted by Gasteiger charge is 2.18. The van der Waals surface area contributed by atoms with Gasteiger partial charge < -0.3 is 19.5 Å².